The van der Waals surface area contributed by atoms with Crippen molar-refractivity contribution in [3.05, 3.63) is 91.9 Å². The average molecular weight is 536 g/mol. The molecule has 0 fully saturated rings. The normalized spacial score (nSPS) is 11.8. The molecule has 6 rings (SSSR count). The zero-order valence-corrected chi connectivity index (χ0v) is 19.0. The summed E-state index contributed by atoms with van der Waals surface area (Å²) in [7, 11) is 0. The number of benzene rings is 4. The van der Waals surface area contributed by atoms with E-state index in [1.165, 1.54) is 12.1 Å². The van der Waals surface area contributed by atoms with Crippen molar-refractivity contribution in [2.45, 2.75) is 0 Å². The fourth-order valence-electron chi connectivity index (χ4n) is 4.39. The molecular formula is C24H12Br2N2O3. The number of nitro benzene ring substituents is 1. The van der Waals surface area contributed by atoms with Crippen molar-refractivity contribution in [3.63, 3.8) is 0 Å². The first-order valence-corrected chi connectivity index (χ1v) is 11.1. The van der Waals surface area contributed by atoms with Crippen molar-refractivity contribution in [2.24, 2.45) is 0 Å². The van der Waals surface area contributed by atoms with E-state index in [0.717, 1.165) is 49.4 Å². The third-order valence-corrected chi connectivity index (χ3v) is 6.82. The smallest absolute Gasteiger partial charge is 0.271 e. The van der Waals surface area contributed by atoms with E-state index in [-0.39, 0.29) is 5.69 Å². The number of hydrogen-bond acceptors (Lipinski definition) is 3. The van der Waals surface area contributed by atoms with Gasteiger partial charge in [-0.2, -0.15) is 0 Å². The Bertz CT molecular complexity index is 1680. The Labute approximate surface area is 192 Å². The molecule has 0 unspecified atom stereocenters. The van der Waals surface area contributed by atoms with Gasteiger partial charge in [0, 0.05) is 42.6 Å². The molecule has 0 aliphatic rings. The molecule has 0 bridgehead atoms. The lowest BCUT2D eigenvalue weighted by Crippen LogP contribution is -1.98. The van der Waals surface area contributed by atoms with Crippen LogP contribution in [0.3, 0.4) is 0 Å². The van der Waals surface area contributed by atoms with Crippen LogP contribution in [-0.4, -0.2) is 9.49 Å². The summed E-state index contributed by atoms with van der Waals surface area (Å²) in [6.45, 7) is 0. The van der Waals surface area contributed by atoms with E-state index in [4.69, 9.17) is 4.42 Å². The Morgan fingerprint density at radius 1 is 0.774 bits per heavy atom. The Morgan fingerprint density at radius 3 is 2.19 bits per heavy atom. The summed E-state index contributed by atoms with van der Waals surface area (Å²) in [4.78, 5) is 10.9. The van der Waals surface area contributed by atoms with Gasteiger partial charge in [0.05, 0.1) is 21.6 Å². The van der Waals surface area contributed by atoms with Crippen molar-refractivity contribution in [3.8, 4) is 5.69 Å². The second-order valence-corrected chi connectivity index (χ2v) is 9.01. The van der Waals surface area contributed by atoms with Crippen molar-refractivity contribution in [1.29, 1.82) is 0 Å². The highest BCUT2D eigenvalue weighted by Crippen LogP contribution is 2.43. The number of fused-ring (bicyclic) bond motifs is 7. The molecule has 4 aromatic carbocycles. The summed E-state index contributed by atoms with van der Waals surface area (Å²) in [6.07, 6.45) is 0. The summed E-state index contributed by atoms with van der Waals surface area (Å²) in [5.74, 6) is 0. The predicted molar refractivity (Wildman–Crippen MR) is 130 cm³/mol. The molecule has 0 saturated heterocycles. The fourth-order valence-corrected chi connectivity index (χ4v) is 5.90. The van der Waals surface area contributed by atoms with Gasteiger partial charge < -0.3 is 8.98 Å². The van der Waals surface area contributed by atoms with Crippen LogP contribution in [0.5, 0.6) is 0 Å². The maximum Gasteiger partial charge on any atom is 0.271 e. The lowest BCUT2D eigenvalue weighted by molar-refractivity contribution is -0.385. The summed E-state index contributed by atoms with van der Waals surface area (Å²) < 4.78 is 9.51. The van der Waals surface area contributed by atoms with Gasteiger partial charge in [-0.15, -0.1) is 0 Å². The van der Waals surface area contributed by atoms with Crippen molar-refractivity contribution in [1.82, 2.24) is 4.57 Å². The van der Waals surface area contributed by atoms with Gasteiger partial charge in [0.2, 0.25) is 0 Å². The van der Waals surface area contributed by atoms with Crippen LogP contribution in [-0.2, 0) is 0 Å². The zero-order valence-electron chi connectivity index (χ0n) is 15.8. The summed E-state index contributed by atoms with van der Waals surface area (Å²) in [5.41, 5.74) is 4.51. The van der Waals surface area contributed by atoms with E-state index in [9.17, 15) is 10.1 Å². The first-order valence-electron chi connectivity index (χ1n) is 9.52. The average Bonchev–Trinajstić information content (AvgIpc) is 3.29. The molecule has 2 aromatic heterocycles. The van der Waals surface area contributed by atoms with Gasteiger partial charge >= 0.3 is 0 Å². The minimum atomic E-state index is -0.397. The van der Waals surface area contributed by atoms with Gasteiger partial charge in [-0.1, -0.05) is 36.4 Å². The van der Waals surface area contributed by atoms with Gasteiger partial charge in [0.15, 0.2) is 0 Å². The first-order chi connectivity index (χ1) is 15.0. The number of furan rings is 1. The zero-order chi connectivity index (χ0) is 21.3. The molecule has 0 spiro atoms. The maximum atomic E-state index is 11.3. The highest BCUT2D eigenvalue weighted by atomic mass is 79.9. The summed E-state index contributed by atoms with van der Waals surface area (Å²) in [6, 6.07) is 23.3. The highest BCUT2D eigenvalue weighted by Gasteiger charge is 2.22. The lowest BCUT2D eigenvalue weighted by Gasteiger charge is -2.12. The molecule has 31 heavy (non-hydrogen) atoms. The quantitative estimate of drug-likeness (QED) is 0.166. The van der Waals surface area contributed by atoms with Gasteiger partial charge in [0.1, 0.15) is 11.2 Å². The van der Waals surface area contributed by atoms with E-state index in [2.05, 4.69) is 54.6 Å². The molecule has 0 aliphatic carbocycles. The molecule has 150 valence electrons. The van der Waals surface area contributed by atoms with E-state index in [1.54, 1.807) is 0 Å². The van der Waals surface area contributed by atoms with E-state index < -0.39 is 4.92 Å². The minimum Gasteiger partial charge on any atom is -0.456 e. The van der Waals surface area contributed by atoms with Crippen LogP contribution in [0.4, 0.5) is 5.69 Å². The fraction of sp³-hybridized carbons (Fsp3) is 0. The molecule has 0 aliphatic heterocycles. The molecule has 0 N–H and O–H groups in total. The SMILES string of the molecule is O=[N+]([O-])c1cc(Br)c(-n2c3ccccc3c3c4c(ccc32)oc2ccccc24)c(Br)c1. The lowest BCUT2D eigenvalue weighted by atomic mass is 10.1. The van der Waals surface area contributed by atoms with E-state index in [0.29, 0.717) is 8.95 Å². The largest absolute Gasteiger partial charge is 0.456 e. The van der Waals surface area contributed by atoms with Crippen LogP contribution in [0.25, 0.3) is 49.4 Å². The van der Waals surface area contributed by atoms with Crippen molar-refractivity contribution < 1.29 is 9.34 Å². The standard InChI is InChI=1S/C24H12Br2N2O3/c25-16-11-13(28(29)30)12-17(26)24(16)27-18-7-3-1-5-14(18)22-19(27)9-10-21-23(22)15-6-2-4-8-20(15)31-21/h1-12H. The van der Waals surface area contributed by atoms with Crippen LogP contribution in [0, 0.1) is 10.1 Å². The van der Waals surface area contributed by atoms with Crippen molar-refractivity contribution in [2.75, 3.05) is 0 Å². The molecular weight excluding hydrogens is 524 g/mol. The Morgan fingerprint density at radius 2 is 1.45 bits per heavy atom. The number of para-hydroxylation sites is 2. The molecule has 0 saturated carbocycles. The number of non-ortho nitro benzene ring substituents is 1. The van der Waals surface area contributed by atoms with Crippen LogP contribution in [0.15, 0.2) is 86.2 Å². The maximum absolute atomic E-state index is 11.3. The number of nitro groups is 1. The molecule has 2 heterocycles. The second kappa shape index (κ2) is 6.67. The Hall–Kier alpha value is -3.16. The Balaban J connectivity index is 1.84. The molecule has 0 amide bonds. The van der Waals surface area contributed by atoms with Crippen LogP contribution >= 0.6 is 31.9 Å². The topological polar surface area (TPSA) is 61.2 Å². The number of rotatable bonds is 2. The first kappa shape index (κ1) is 18.6. The minimum absolute atomic E-state index is 0.0199. The van der Waals surface area contributed by atoms with E-state index >= 15 is 0 Å². The molecule has 0 radical (unpaired) electrons. The third-order valence-electron chi connectivity index (χ3n) is 5.61. The van der Waals surface area contributed by atoms with Gasteiger partial charge in [0.25, 0.3) is 5.69 Å². The van der Waals surface area contributed by atoms with Crippen LogP contribution < -0.4 is 0 Å². The summed E-state index contributed by atoms with van der Waals surface area (Å²) in [5, 5.41) is 15.6. The second-order valence-electron chi connectivity index (χ2n) is 7.30. The Kier molecular flexibility index (Phi) is 4.00. The van der Waals surface area contributed by atoms with Crippen LogP contribution in [0.2, 0.25) is 0 Å². The number of nitrogens with zero attached hydrogens (tertiary/aromatic N) is 2. The summed E-state index contributed by atoms with van der Waals surface area (Å²) >= 11 is 7.13. The monoisotopic (exact) mass is 534 g/mol. The third kappa shape index (κ3) is 2.60. The number of halogens is 2. The van der Waals surface area contributed by atoms with Crippen molar-refractivity contribution >= 4 is 81.3 Å². The number of aromatic nitrogens is 1. The molecule has 0 atom stereocenters. The molecule has 5 nitrogen and oxygen atoms in total. The van der Waals surface area contributed by atoms with Crippen LogP contribution in [0.1, 0.15) is 0 Å². The highest BCUT2D eigenvalue weighted by molar-refractivity contribution is 9.11. The van der Waals surface area contributed by atoms with E-state index in [1.807, 2.05) is 42.5 Å². The number of hydrogen-bond donors (Lipinski definition) is 0. The van der Waals surface area contributed by atoms with Gasteiger partial charge in [-0.05, 0) is 56.1 Å². The van der Waals surface area contributed by atoms with Gasteiger partial charge in [-0.25, -0.2) is 0 Å². The van der Waals surface area contributed by atoms with Gasteiger partial charge in [-0.3, -0.25) is 10.1 Å². The predicted octanol–water partition coefficient (Wildman–Crippen LogP) is 8.12. The molecule has 7 heteroatoms. The molecule has 6 aromatic rings.